The van der Waals surface area contributed by atoms with E-state index in [2.05, 4.69) is 19.2 Å². The SMILES string of the molecule is CCCCCCCCCCCCCCCCCCCCCCCCCCCCCC/C=C/C(O)C(COC1OC(CO)C(O)C(O)C1O)NC(=O)CCCCCCCCCCCCCCCCCCCCCCCCCCCCCCCCCCCCCCCCCCC. The summed E-state index contributed by atoms with van der Waals surface area (Å²) in [4.78, 5) is 13.2. The van der Waals surface area contributed by atoms with Crippen LogP contribution in [0.1, 0.15) is 470 Å². The van der Waals surface area contributed by atoms with Gasteiger partial charge in [0.25, 0.3) is 0 Å². The molecule has 0 aromatic carbocycles. The maximum atomic E-state index is 13.2. The first-order valence-corrected chi connectivity index (χ1v) is 42.9. The molecule has 0 saturated carbocycles. The lowest BCUT2D eigenvalue weighted by Gasteiger charge is -2.40. The van der Waals surface area contributed by atoms with Crippen LogP contribution in [0.2, 0.25) is 0 Å². The summed E-state index contributed by atoms with van der Waals surface area (Å²) in [6.45, 7) is 3.86. The van der Waals surface area contributed by atoms with Crippen molar-refractivity contribution in [1.29, 1.82) is 0 Å². The molecule has 1 aliphatic rings. The van der Waals surface area contributed by atoms with E-state index in [0.717, 1.165) is 38.5 Å². The maximum Gasteiger partial charge on any atom is 0.220 e. The summed E-state index contributed by atoms with van der Waals surface area (Å²) in [7, 11) is 0. The molecule has 1 amide bonds. The zero-order valence-electron chi connectivity index (χ0n) is 63.3. The van der Waals surface area contributed by atoms with E-state index in [0.29, 0.717) is 6.42 Å². The van der Waals surface area contributed by atoms with Crippen molar-refractivity contribution in [2.75, 3.05) is 13.2 Å². The Bertz CT molecular complexity index is 1500. The molecule has 7 atom stereocenters. The van der Waals surface area contributed by atoms with E-state index in [1.807, 2.05) is 6.08 Å². The largest absolute Gasteiger partial charge is 0.394 e. The standard InChI is InChI=1S/C85H167NO8/c1-3-5-7-9-11-13-15-17-19-21-23-25-27-29-31-33-35-36-37-38-39-40-41-42-43-44-45-47-49-51-53-55-57-59-61-63-65-67-69-71-73-75-81(89)86-78(77-93-85-84(92)83(91)82(90)80(76-87)94-85)79(88)74-72-70-68-66-64-62-60-58-56-54-52-50-48-46-34-32-30-28-26-24-22-20-18-16-14-12-10-8-6-4-2/h72,74,78-80,82-85,87-88,90-92H,3-71,73,75-77H2,1-2H3,(H,86,89)/b74-72+. The number of hydrogen-bond donors (Lipinski definition) is 6. The summed E-state index contributed by atoms with van der Waals surface area (Å²) < 4.78 is 11.4. The Morgan fingerprint density at radius 1 is 0.351 bits per heavy atom. The van der Waals surface area contributed by atoms with Gasteiger partial charge in [-0.05, 0) is 19.3 Å². The van der Waals surface area contributed by atoms with Crippen molar-refractivity contribution < 1.29 is 39.8 Å². The maximum absolute atomic E-state index is 13.2. The van der Waals surface area contributed by atoms with Crippen molar-refractivity contribution in [3.8, 4) is 0 Å². The second-order valence-electron chi connectivity index (χ2n) is 30.4. The fraction of sp³-hybridized carbons (Fsp3) is 0.965. The van der Waals surface area contributed by atoms with E-state index in [9.17, 15) is 30.3 Å². The second kappa shape index (κ2) is 74.6. The van der Waals surface area contributed by atoms with Crippen molar-refractivity contribution >= 4 is 5.91 Å². The van der Waals surface area contributed by atoms with Crippen LogP contribution in [0.5, 0.6) is 0 Å². The molecular formula is C85H167NO8. The summed E-state index contributed by atoms with van der Waals surface area (Å²) in [6, 6.07) is -0.803. The molecule has 1 heterocycles. The van der Waals surface area contributed by atoms with Gasteiger partial charge in [-0.15, -0.1) is 0 Å². The molecule has 1 aliphatic heterocycles. The van der Waals surface area contributed by atoms with Gasteiger partial charge in [-0.1, -0.05) is 456 Å². The summed E-state index contributed by atoms with van der Waals surface area (Å²) in [5.41, 5.74) is 0. The summed E-state index contributed by atoms with van der Waals surface area (Å²) >= 11 is 0. The molecule has 0 radical (unpaired) electrons. The van der Waals surface area contributed by atoms with Crippen molar-refractivity contribution in [3.05, 3.63) is 12.2 Å². The minimum absolute atomic E-state index is 0.164. The van der Waals surface area contributed by atoms with E-state index >= 15 is 0 Å². The van der Waals surface area contributed by atoms with Gasteiger partial charge in [0, 0.05) is 6.42 Å². The molecule has 560 valence electrons. The van der Waals surface area contributed by atoms with Crippen LogP contribution >= 0.6 is 0 Å². The van der Waals surface area contributed by atoms with Gasteiger partial charge in [0.1, 0.15) is 24.4 Å². The lowest BCUT2D eigenvalue weighted by atomic mass is 9.99. The molecule has 0 bridgehead atoms. The zero-order valence-corrected chi connectivity index (χ0v) is 63.3. The quantitative estimate of drug-likeness (QED) is 0.0261. The lowest BCUT2D eigenvalue weighted by molar-refractivity contribution is -0.302. The molecule has 1 rings (SSSR count). The molecule has 9 nitrogen and oxygen atoms in total. The molecule has 1 saturated heterocycles. The van der Waals surface area contributed by atoms with Gasteiger partial charge in [-0.25, -0.2) is 0 Å². The Morgan fingerprint density at radius 2 is 0.585 bits per heavy atom. The molecule has 6 N–H and O–H groups in total. The third-order valence-electron chi connectivity index (χ3n) is 21.1. The first-order chi connectivity index (χ1) is 46.3. The summed E-state index contributed by atoms with van der Waals surface area (Å²) in [6.07, 6.45) is 92.6. The number of nitrogens with one attached hydrogen (secondary N) is 1. The lowest BCUT2D eigenvalue weighted by Crippen LogP contribution is -2.60. The number of carbonyl (C=O) groups excluding carboxylic acids is 1. The van der Waals surface area contributed by atoms with E-state index in [4.69, 9.17) is 9.47 Å². The van der Waals surface area contributed by atoms with Crippen LogP contribution < -0.4 is 5.32 Å². The minimum atomic E-state index is -1.57. The summed E-state index contributed by atoms with van der Waals surface area (Å²) in [5, 5.41) is 55.0. The van der Waals surface area contributed by atoms with E-state index in [1.165, 1.54) is 411 Å². The average Bonchev–Trinajstić information content (AvgIpc) is 0.834. The number of aliphatic hydroxyl groups excluding tert-OH is 5. The van der Waals surface area contributed by atoms with E-state index < -0.39 is 49.5 Å². The third-order valence-corrected chi connectivity index (χ3v) is 21.1. The van der Waals surface area contributed by atoms with Crippen molar-refractivity contribution in [3.63, 3.8) is 0 Å². The number of amides is 1. The van der Waals surface area contributed by atoms with Gasteiger partial charge >= 0.3 is 0 Å². The Kier molecular flexibility index (Phi) is 72.2. The van der Waals surface area contributed by atoms with Crippen molar-refractivity contribution in [2.24, 2.45) is 0 Å². The van der Waals surface area contributed by atoms with Gasteiger partial charge < -0.3 is 40.3 Å². The molecule has 0 spiro atoms. The van der Waals surface area contributed by atoms with Gasteiger partial charge in [0.15, 0.2) is 6.29 Å². The van der Waals surface area contributed by atoms with Gasteiger partial charge in [-0.2, -0.15) is 0 Å². The Labute approximate surface area is 586 Å². The predicted molar refractivity (Wildman–Crippen MR) is 406 cm³/mol. The molecule has 0 aliphatic carbocycles. The molecule has 94 heavy (non-hydrogen) atoms. The number of carbonyl (C=O) groups is 1. The molecule has 9 heteroatoms. The average molecular weight is 1330 g/mol. The Morgan fingerprint density at radius 3 is 0.830 bits per heavy atom. The zero-order chi connectivity index (χ0) is 67.8. The highest BCUT2D eigenvalue weighted by molar-refractivity contribution is 5.76. The fourth-order valence-electron chi connectivity index (χ4n) is 14.5. The number of unbranched alkanes of at least 4 members (excludes halogenated alkanes) is 68. The number of hydrogen-bond acceptors (Lipinski definition) is 8. The van der Waals surface area contributed by atoms with E-state index in [-0.39, 0.29) is 12.5 Å². The second-order valence-corrected chi connectivity index (χ2v) is 30.4. The number of aliphatic hydroxyl groups is 5. The fourth-order valence-corrected chi connectivity index (χ4v) is 14.5. The van der Waals surface area contributed by atoms with Gasteiger partial charge in [-0.3, -0.25) is 4.79 Å². The minimum Gasteiger partial charge on any atom is -0.394 e. The monoisotopic (exact) mass is 1330 g/mol. The van der Waals surface area contributed by atoms with Crippen LogP contribution in [-0.4, -0.2) is 87.5 Å². The topological polar surface area (TPSA) is 149 Å². The van der Waals surface area contributed by atoms with Crippen LogP contribution in [0.25, 0.3) is 0 Å². The molecule has 0 aromatic rings. The van der Waals surface area contributed by atoms with Gasteiger partial charge in [0.2, 0.25) is 5.91 Å². The number of rotatable bonds is 78. The first-order valence-electron chi connectivity index (χ1n) is 42.9. The van der Waals surface area contributed by atoms with Crippen LogP contribution in [-0.2, 0) is 14.3 Å². The normalized spacial score (nSPS) is 17.5. The predicted octanol–water partition coefficient (Wildman–Crippen LogP) is 24.9. The number of allylic oxidation sites excluding steroid dienone is 1. The molecule has 0 aromatic heterocycles. The van der Waals surface area contributed by atoms with Crippen molar-refractivity contribution in [1.82, 2.24) is 5.32 Å². The van der Waals surface area contributed by atoms with E-state index in [1.54, 1.807) is 6.08 Å². The Balaban J connectivity index is 2.01. The molecular weight excluding hydrogens is 1160 g/mol. The Hall–Kier alpha value is -1.07. The first kappa shape index (κ1) is 90.9. The number of ether oxygens (including phenoxy) is 2. The third kappa shape index (κ3) is 62.0. The molecule has 7 unspecified atom stereocenters. The molecule has 1 fully saturated rings. The van der Waals surface area contributed by atoms with Crippen molar-refractivity contribution in [2.45, 2.75) is 513 Å². The van der Waals surface area contributed by atoms with Crippen LogP contribution in [0, 0.1) is 0 Å². The van der Waals surface area contributed by atoms with Crippen LogP contribution in [0.15, 0.2) is 12.2 Å². The highest BCUT2D eigenvalue weighted by Crippen LogP contribution is 2.25. The smallest absolute Gasteiger partial charge is 0.220 e. The van der Waals surface area contributed by atoms with Gasteiger partial charge in [0.05, 0.1) is 25.4 Å². The summed E-state index contributed by atoms with van der Waals surface area (Å²) in [5.74, 6) is -0.164. The van der Waals surface area contributed by atoms with Crippen LogP contribution in [0.4, 0.5) is 0 Å². The van der Waals surface area contributed by atoms with Crippen LogP contribution in [0.3, 0.4) is 0 Å². The highest BCUT2D eigenvalue weighted by atomic mass is 16.7. The highest BCUT2D eigenvalue weighted by Gasteiger charge is 2.44.